The summed E-state index contributed by atoms with van der Waals surface area (Å²) >= 11 is 6.20. The van der Waals surface area contributed by atoms with Gasteiger partial charge >= 0.3 is 6.01 Å². The van der Waals surface area contributed by atoms with E-state index in [9.17, 15) is 0 Å². The molecule has 1 aromatic heterocycles. The van der Waals surface area contributed by atoms with Crippen molar-refractivity contribution in [2.45, 2.75) is 18.9 Å². The first-order chi connectivity index (χ1) is 10.8. The van der Waals surface area contributed by atoms with Crippen molar-refractivity contribution in [3.63, 3.8) is 0 Å². The zero-order valence-electron chi connectivity index (χ0n) is 12.3. The summed E-state index contributed by atoms with van der Waals surface area (Å²) in [5.74, 6) is 0.650. The fourth-order valence-corrected chi connectivity index (χ4v) is 3.64. The van der Waals surface area contributed by atoms with Gasteiger partial charge in [-0.3, -0.25) is 4.90 Å². The molecule has 4 heterocycles. The second-order valence-electron chi connectivity index (χ2n) is 6.03. The lowest BCUT2D eigenvalue weighted by Gasteiger charge is -2.43. The van der Waals surface area contributed by atoms with Gasteiger partial charge in [-0.15, -0.1) is 0 Å². The molecular formula is C17H18ClN3O. The maximum absolute atomic E-state index is 6.20. The average Bonchev–Trinajstić information content (AvgIpc) is 2.57. The fourth-order valence-electron chi connectivity index (χ4n) is 3.39. The van der Waals surface area contributed by atoms with Gasteiger partial charge in [-0.05, 0) is 37.9 Å². The van der Waals surface area contributed by atoms with E-state index >= 15 is 0 Å². The van der Waals surface area contributed by atoms with Gasteiger partial charge in [0.05, 0.1) is 0 Å². The molecule has 0 spiro atoms. The van der Waals surface area contributed by atoms with Crippen LogP contribution in [0.3, 0.4) is 0 Å². The smallest absolute Gasteiger partial charge is 0.316 e. The third-order valence-electron chi connectivity index (χ3n) is 4.67. The summed E-state index contributed by atoms with van der Waals surface area (Å²) < 4.78 is 6.01. The number of aromatic nitrogens is 2. The SMILES string of the molecule is Clc1ccccc1-c1cnc(OC2CN3CCC2CC3)nc1. The van der Waals surface area contributed by atoms with E-state index in [2.05, 4.69) is 14.9 Å². The lowest BCUT2D eigenvalue weighted by Crippen LogP contribution is -2.52. The van der Waals surface area contributed by atoms with Crippen LogP contribution in [0.4, 0.5) is 0 Å². The Bertz CT molecular complexity index is 653. The molecule has 114 valence electrons. The highest BCUT2D eigenvalue weighted by molar-refractivity contribution is 6.33. The van der Waals surface area contributed by atoms with Crippen LogP contribution in [0.1, 0.15) is 12.8 Å². The molecule has 1 aromatic carbocycles. The molecule has 3 fully saturated rings. The van der Waals surface area contributed by atoms with Crippen LogP contribution in [0.25, 0.3) is 11.1 Å². The molecule has 1 atom stereocenters. The summed E-state index contributed by atoms with van der Waals surface area (Å²) in [6.45, 7) is 3.41. The highest BCUT2D eigenvalue weighted by Gasteiger charge is 2.35. The molecule has 2 bridgehead atoms. The molecule has 3 saturated heterocycles. The molecule has 1 unspecified atom stereocenters. The first kappa shape index (κ1) is 14.0. The van der Waals surface area contributed by atoms with Crippen molar-refractivity contribution >= 4 is 11.6 Å². The molecule has 5 heteroatoms. The van der Waals surface area contributed by atoms with E-state index in [1.807, 2.05) is 24.3 Å². The fraction of sp³-hybridized carbons (Fsp3) is 0.412. The van der Waals surface area contributed by atoms with Gasteiger partial charge in [0, 0.05) is 35.1 Å². The summed E-state index contributed by atoms with van der Waals surface area (Å²) in [4.78, 5) is 11.2. The Morgan fingerprint density at radius 2 is 1.82 bits per heavy atom. The van der Waals surface area contributed by atoms with Crippen molar-refractivity contribution in [2.24, 2.45) is 5.92 Å². The second-order valence-corrected chi connectivity index (χ2v) is 6.44. The van der Waals surface area contributed by atoms with E-state index in [0.29, 0.717) is 17.0 Å². The summed E-state index contributed by atoms with van der Waals surface area (Å²) in [5.41, 5.74) is 1.85. The number of halogens is 1. The highest BCUT2D eigenvalue weighted by atomic mass is 35.5. The number of piperidine rings is 3. The molecule has 0 saturated carbocycles. The Hall–Kier alpha value is -1.65. The van der Waals surface area contributed by atoms with Crippen molar-refractivity contribution in [1.29, 1.82) is 0 Å². The molecule has 0 N–H and O–H groups in total. The predicted molar refractivity (Wildman–Crippen MR) is 86.1 cm³/mol. The first-order valence-electron chi connectivity index (χ1n) is 7.75. The van der Waals surface area contributed by atoms with Crippen molar-refractivity contribution in [1.82, 2.24) is 14.9 Å². The van der Waals surface area contributed by atoms with E-state index in [0.717, 1.165) is 17.7 Å². The maximum atomic E-state index is 6.20. The maximum Gasteiger partial charge on any atom is 0.316 e. The Morgan fingerprint density at radius 1 is 1.09 bits per heavy atom. The van der Waals surface area contributed by atoms with Gasteiger partial charge in [-0.25, -0.2) is 9.97 Å². The minimum Gasteiger partial charge on any atom is -0.458 e. The standard InChI is InChI=1S/C17H18ClN3O/c18-15-4-2-1-3-14(15)13-9-19-17(20-10-13)22-16-11-21-7-5-12(16)6-8-21/h1-4,9-10,12,16H,5-8,11H2. The van der Waals surface area contributed by atoms with Gasteiger partial charge in [-0.1, -0.05) is 29.8 Å². The number of rotatable bonds is 3. The molecule has 5 rings (SSSR count). The predicted octanol–water partition coefficient (Wildman–Crippen LogP) is 3.27. The summed E-state index contributed by atoms with van der Waals surface area (Å²) in [6.07, 6.45) is 6.24. The molecular weight excluding hydrogens is 298 g/mol. The van der Waals surface area contributed by atoms with E-state index in [1.54, 1.807) is 12.4 Å². The number of fused-ring (bicyclic) bond motifs is 3. The van der Waals surface area contributed by atoms with Gasteiger partial charge in [0.15, 0.2) is 0 Å². The Labute approximate surface area is 135 Å². The highest BCUT2D eigenvalue weighted by Crippen LogP contribution is 2.30. The lowest BCUT2D eigenvalue weighted by atomic mass is 9.86. The Morgan fingerprint density at radius 3 is 2.45 bits per heavy atom. The van der Waals surface area contributed by atoms with Gasteiger partial charge < -0.3 is 4.74 Å². The van der Waals surface area contributed by atoms with Gasteiger partial charge in [0.25, 0.3) is 0 Å². The number of hydrogen-bond acceptors (Lipinski definition) is 4. The number of hydrogen-bond donors (Lipinski definition) is 0. The van der Waals surface area contributed by atoms with Crippen LogP contribution in [0, 0.1) is 5.92 Å². The number of ether oxygens (including phenoxy) is 1. The third-order valence-corrected chi connectivity index (χ3v) is 5.00. The molecule has 4 nitrogen and oxygen atoms in total. The second kappa shape index (κ2) is 5.86. The normalized spacial score (nSPS) is 26.9. The molecule has 3 aliphatic rings. The van der Waals surface area contributed by atoms with Gasteiger partial charge in [0.1, 0.15) is 6.10 Å². The van der Waals surface area contributed by atoms with E-state index in [4.69, 9.17) is 16.3 Å². The summed E-state index contributed by atoms with van der Waals surface area (Å²) in [7, 11) is 0. The molecule has 3 aliphatic heterocycles. The first-order valence-corrected chi connectivity index (χ1v) is 8.13. The van der Waals surface area contributed by atoms with Crippen molar-refractivity contribution in [3.05, 3.63) is 41.7 Å². The molecule has 2 aromatic rings. The van der Waals surface area contributed by atoms with Crippen LogP contribution in [-0.4, -0.2) is 40.6 Å². The number of nitrogens with zero attached hydrogens (tertiary/aromatic N) is 3. The molecule has 22 heavy (non-hydrogen) atoms. The molecule has 0 radical (unpaired) electrons. The molecule has 0 amide bonds. The largest absolute Gasteiger partial charge is 0.458 e. The molecule has 0 aliphatic carbocycles. The third kappa shape index (κ3) is 2.69. The van der Waals surface area contributed by atoms with Gasteiger partial charge in [-0.2, -0.15) is 0 Å². The minimum absolute atomic E-state index is 0.230. The van der Waals surface area contributed by atoms with Crippen LogP contribution < -0.4 is 4.74 Å². The van der Waals surface area contributed by atoms with E-state index < -0.39 is 0 Å². The van der Waals surface area contributed by atoms with Crippen LogP contribution in [0.15, 0.2) is 36.7 Å². The Balaban J connectivity index is 1.49. The van der Waals surface area contributed by atoms with Crippen LogP contribution in [0.5, 0.6) is 6.01 Å². The lowest BCUT2D eigenvalue weighted by molar-refractivity contribution is -0.0123. The zero-order chi connectivity index (χ0) is 14.9. The summed E-state index contributed by atoms with van der Waals surface area (Å²) in [5, 5.41) is 0.706. The number of benzene rings is 1. The average molecular weight is 316 g/mol. The van der Waals surface area contributed by atoms with Crippen LogP contribution in [-0.2, 0) is 0 Å². The van der Waals surface area contributed by atoms with Gasteiger partial charge in [0.2, 0.25) is 0 Å². The quantitative estimate of drug-likeness (QED) is 0.871. The Kier molecular flexibility index (Phi) is 3.72. The minimum atomic E-state index is 0.230. The van der Waals surface area contributed by atoms with E-state index in [1.165, 1.54) is 25.9 Å². The summed E-state index contributed by atoms with van der Waals surface area (Å²) in [6, 6.07) is 8.18. The van der Waals surface area contributed by atoms with Crippen molar-refractivity contribution in [3.8, 4) is 17.1 Å². The van der Waals surface area contributed by atoms with Crippen molar-refractivity contribution in [2.75, 3.05) is 19.6 Å². The monoisotopic (exact) mass is 315 g/mol. The van der Waals surface area contributed by atoms with Crippen molar-refractivity contribution < 1.29 is 4.74 Å². The van der Waals surface area contributed by atoms with E-state index in [-0.39, 0.29) is 6.10 Å². The zero-order valence-corrected chi connectivity index (χ0v) is 13.0. The van der Waals surface area contributed by atoms with Crippen LogP contribution >= 0.6 is 11.6 Å². The topological polar surface area (TPSA) is 38.2 Å². The van der Waals surface area contributed by atoms with Crippen LogP contribution in [0.2, 0.25) is 5.02 Å².